The number of aliphatic hydroxyl groups excluding tert-OH is 1. The number of hydrogen-bond acceptors (Lipinski definition) is 5. The molecule has 0 aliphatic carbocycles. The van der Waals surface area contributed by atoms with Crippen LogP contribution in [-0.2, 0) is 9.53 Å². The molecule has 0 aliphatic rings. The van der Waals surface area contributed by atoms with E-state index >= 15 is 0 Å². The molecule has 0 aliphatic heterocycles. The smallest absolute Gasteiger partial charge is 0.337 e. The number of allylic oxidation sites excluding steroid dienone is 3. The lowest BCUT2D eigenvalue weighted by Crippen LogP contribution is -2.14. The second-order valence-corrected chi connectivity index (χ2v) is 4.12. The number of carbonyl (C=O) groups is 1. The van der Waals surface area contributed by atoms with Gasteiger partial charge in [0.25, 0.3) is 5.69 Å². The van der Waals surface area contributed by atoms with Gasteiger partial charge in [0.15, 0.2) is 0 Å². The van der Waals surface area contributed by atoms with Crippen molar-refractivity contribution in [3.8, 4) is 0 Å². The highest BCUT2D eigenvalue weighted by Gasteiger charge is 2.21. The summed E-state index contributed by atoms with van der Waals surface area (Å²) >= 11 is 0. The molecule has 0 amide bonds. The predicted molar refractivity (Wildman–Crippen MR) is 77.6 cm³/mol. The van der Waals surface area contributed by atoms with E-state index in [9.17, 15) is 20.0 Å². The van der Waals surface area contributed by atoms with Crippen LogP contribution in [0.1, 0.15) is 25.5 Å². The van der Waals surface area contributed by atoms with Crippen LogP contribution < -0.4 is 0 Å². The van der Waals surface area contributed by atoms with Gasteiger partial charge < -0.3 is 9.84 Å². The lowest BCUT2D eigenvalue weighted by Gasteiger charge is -2.14. The van der Waals surface area contributed by atoms with Crippen LogP contribution in [0.2, 0.25) is 0 Å². The molecule has 1 aromatic rings. The SMILES string of the molecule is C/C=C\C=C(\C(=O)OCC)C(O)c1ccc([N+](=O)[O-])cc1. The summed E-state index contributed by atoms with van der Waals surface area (Å²) in [4.78, 5) is 21.9. The summed E-state index contributed by atoms with van der Waals surface area (Å²) in [5.41, 5.74) is 0.370. The van der Waals surface area contributed by atoms with Gasteiger partial charge in [-0.3, -0.25) is 10.1 Å². The number of nitro groups is 1. The standard InChI is InChI=1S/C15H17NO5/c1-3-5-6-13(15(18)21-4-2)14(17)11-7-9-12(10-8-11)16(19)20/h3,5-10,14,17H,4H2,1-2H3/b5-3-,13-6+. The number of rotatable bonds is 6. The summed E-state index contributed by atoms with van der Waals surface area (Å²) < 4.78 is 4.90. The molecule has 112 valence electrons. The molecule has 6 heteroatoms. The number of hydrogen-bond donors (Lipinski definition) is 1. The van der Waals surface area contributed by atoms with Crippen molar-refractivity contribution in [3.63, 3.8) is 0 Å². The van der Waals surface area contributed by atoms with Gasteiger partial charge in [0.1, 0.15) is 6.10 Å². The zero-order chi connectivity index (χ0) is 15.8. The van der Waals surface area contributed by atoms with Crippen molar-refractivity contribution >= 4 is 11.7 Å². The minimum atomic E-state index is -1.21. The second-order valence-electron chi connectivity index (χ2n) is 4.12. The summed E-state index contributed by atoms with van der Waals surface area (Å²) in [6, 6.07) is 5.37. The van der Waals surface area contributed by atoms with Crippen LogP contribution in [0.3, 0.4) is 0 Å². The first-order chi connectivity index (χ1) is 10.0. The molecule has 21 heavy (non-hydrogen) atoms. The number of non-ortho nitro benzene ring substituents is 1. The quantitative estimate of drug-likeness (QED) is 0.286. The molecule has 1 rings (SSSR count). The van der Waals surface area contributed by atoms with E-state index in [2.05, 4.69) is 0 Å². The predicted octanol–water partition coefficient (Wildman–Crippen LogP) is 2.69. The van der Waals surface area contributed by atoms with Gasteiger partial charge in [-0.15, -0.1) is 0 Å². The van der Waals surface area contributed by atoms with E-state index in [1.54, 1.807) is 26.0 Å². The third-order valence-electron chi connectivity index (χ3n) is 2.69. The number of aliphatic hydroxyl groups is 1. The van der Waals surface area contributed by atoms with Gasteiger partial charge in [-0.05, 0) is 37.6 Å². The highest BCUT2D eigenvalue weighted by Crippen LogP contribution is 2.24. The van der Waals surface area contributed by atoms with Crippen LogP contribution >= 0.6 is 0 Å². The molecule has 1 aromatic carbocycles. The molecular weight excluding hydrogens is 274 g/mol. The second kappa shape index (κ2) is 7.96. The number of esters is 1. The first kappa shape index (κ1) is 16.6. The largest absolute Gasteiger partial charge is 0.463 e. The Morgan fingerprint density at radius 1 is 1.43 bits per heavy atom. The molecule has 0 heterocycles. The molecule has 0 saturated carbocycles. The average Bonchev–Trinajstić information content (AvgIpc) is 2.47. The normalized spacial score (nSPS) is 13.2. The molecule has 1 unspecified atom stereocenters. The summed E-state index contributed by atoms with van der Waals surface area (Å²) in [5, 5.41) is 20.9. The van der Waals surface area contributed by atoms with Gasteiger partial charge in [-0.25, -0.2) is 4.79 Å². The Kier molecular flexibility index (Phi) is 6.29. The molecule has 6 nitrogen and oxygen atoms in total. The van der Waals surface area contributed by atoms with Crippen LogP contribution in [0.4, 0.5) is 5.69 Å². The molecule has 1 N–H and O–H groups in total. The van der Waals surface area contributed by atoms with Crippen LogP contribution in [0.25, 0.3) is 0 Å². The molecule has 0 saturated heterocycles. The zero-order valence-electron chi connectivity index (χ0n) is 11.9. The van der Waals surface area contributed by atoms with Crippen molar-refractivity contribution in [2.75, 3.05) is 6.61 Å². The fraction of sp³-hybridized carbons (Fsp3) is 0.267. The molecule has 0 radical (unpaired) electrons. The van der Waals surface area contributed by atoms with E-state index in [0.29, 0.717) is 5.56 Å². The van der Waals surface area contributed by atoms with E-state index < -0.39 is 17.0 Å². The first-order valence-electron chi connectivity index (χ1n) is 6.43. The van der Waals surface area contributed by atoms with Gasteiger partial charge in [-0.2, -0.15) is 0 Å². The Balaban J connectivity index is 3.07. The highest BCUT2D eigenvalue weighted by atomic mass is 16.6. The highest BCUT2D eigenvalue weighted by molar-refractivity contribution is 5.90. The molecule has 0 fully saturated rings. The van der Waals surface area contributed by atoms with E-state index in [1.165, 1.54) is 30.3 Å². The van der Waals surface area contributed by atoms with Crippen molar-refractivity contribution in [2.45, 2.75) is 20.0 Å². The van der Waals surface area contributed by atoms with Crippen LogP contribution in [-0.4, -0.2) is 22.6 Å². The van der Waals surface area contributed by atoms with Crippen molar-refractivity contribution in [2.24, 2.45) is 0 Å². The third-order valence-corrected chi connectivity index (χ3v) is 2.69. The third kappa shape index (κ3) is 4.54. The lowest BCUT2D eigenvalue weighted by atomic mass is 10.0. The number of nitrogens with zero attached hydrogens (tertiary/aromatic N) is 1. The van der Waals surface area contributed by atoms with E-state index in [4.69, 9.17) is 4.74 Å². The van der Waals surface area contributed by atoms with Gasteiger partial charge in [0, 0.05) is 12.1 Å². The van der Waals surface area contributed by atoms with Crippen molar-refractivity contribution in [1.29, 1.82) is 0 Å². The Bertz CT molecular complexity index is 560. The van der Waals surface area contributed by atoms with Gasteiger partial charge in [0.05, 0.1) is 17.1 Å². The Morgan fingerprint density at radius 3 is 2.52 bits per heavy atom. The van der Waals surface area contributed by atoms with Gasteiger partial charge in [0.2, 0.25) is 0 Å². The summed E-state index contributed by atoms with van der Waals surface area (Å²) in [6.07, 6.45) is 3.58. The minimum absolute atomic E-state index is 0.0730. The number of benzene rings is 1. The first-order valence-corrected chi connectivity index (χ1v) is 6.43. The fourth-order valence-corrected chi connectivity index (χ4v) is 1.64. The van der Waals surface area contributed by atoms with Crippen LogP contribution in [0.5, 0.6) is 0 Å². The maximum absolute atomic E-state index is 11.8. The van der Waals surface area contributed by atoms with E-state index in [-0.39, 0.29) is 17.9 Å². The number of ether oxygens (including phenoxy) is 1. The molecule has 0 bridgehead atoms. The number of nitro benzene ring substituents is 1. The minimum Gasteiger partial charge on any atom is -0.463 e. The van der Waals surface area contributed by atoms with E-state index in [1.807, 2.05) is 0 Å². The summed E-state index contributed by atoms with van der Waals surface area (Å²) in [6.45, 7) is 3.64. The number of carbonyl (C=O) groups excluding carboxylic acids is 1. The average molecular weight is 291 g/mol. The lowest BCUT2D eigenvalue weighted by molar-refractivity contribution is -0.384. The van der Waals surface area contributed by atoms with E-state index in [0.717, 1.165) is 0 Å². The molecule has 1 atom stereocenters. The Hall–Kier alpha value is -2.47. The van der Waals surface area contributed by atoms with Gasteiger partial charge >= 0.3 is 5.97 Å². The molecule has 0 aromatic heterocycles. The van der Waals surface area contributed by atoms with Gasteiger partial charge in [-0.1, -0.05) is 12.2 Å². The summed E-state index contributed by atoms with van der Waals surface area (Å²) in [5.74, 6) is -0.624. The van der Waals surface area contributed by atoms with Crippen molar-refractivity contribution < 1.29 is 19.6 Å². The molecule has 0 spiro atoms. The Morgan fingerprint density at radius 2 is 2.05 bits per heavy atom. The van der Waals surface area contributed by atoms with Crippen molar-refractivity contribution in [3.05, 3.63) is 63.7 Å². The topological polar surface area (TPSA) is 89.7 Å². The Labute approximate surface area is 122 Å². The zero-order valence-corrected chi connectivity index (χ0v) is 11.9. The maximum Gasteiger partial charge on any atom is 0.337 e. The maximum atomic E-state index is 11.8. The van der Waals surface area contributed by atoms with Crippen LogP contribution in [0, 0.1) is 10.1 Å². The monoisotopic (exact) mass is 291 g/mol. The molecular formula is C15H17NO5. The van der Waals surface area contributed by atoms with Crippen molar-refractivity contribution in [1.82, 2.24) is 0 Å². The summed E-state index contributed by atoms with van der Waals surface area (Å²) in [7, 11) is 0. The van der Waals surface area contributed by atoms with Crippen LogP contribution in [0.15, 0.2) is 48.1 Å². The fourth-order valence-electron chi connectivity index (χ4n) is 1.64.